The first-order chi connectivity index (χ1) is 18.0. The molecular formula is C29H36N2O5S. The van der Waals surface area contributed by atoms with Gasteiger partial charge in [0.2, 0.25) is 11.8 Å². The van der Waals surface area contributed by atoms with Crippen molar-refractivity contribution in [2.45, 2.75) is 32.7 Å². The van der Waals surface area contributed by atoms with Gasteiger partial charge in [0.1, 0.15) is 5.75 Å². The standard InChI is InChI=1S/C29H36N2O5S/c1-5-15-30(28(32)19-22-8-11-24(34-2)12-9-22)21-29(33)31(20-25-7-6-17-37-25)16-14-23-10-13-26(35-3)27(18-23)36-4/h6-13,17-18H,5,14-16,19-21H2,1-4H3. The second-order valence-corrected chi connectivity index (χ2v) is 9.71. The Morgan fingerprint density at radius 3 is 2.16 bits per heavy atom. The van der Waals surface area contributed by atoms with Crippen molar-refractivity contribution in [2.24, 2.45) is 0 Å². The van der Waals surface area contributed by atoms with E-state index in [4.69, 9.17) is 14.2 Å². The highest BCUT2D eigenvalue weighted by Crippen LogP contribution is 2.28. The van der Waals surface area contributed by atoms with Gasteiger partial charge in [-0.1, -0.05) is 31.2 Å². The number of carbonyl (C=O) groups is 2. The Morgan fingerprint density at radius 2 is 1.54 bits per heavy atom. The molecule has 0 N–H and O–H groups in total. The lowest BCUT2D eigenvalue weighted by Gasteiger charge is -2.27. The maximum atomic E-state index is 13.5. The Bertz CT molecular complexity index is 1130. The summed E-state index contributed by atoms with van der Waals surface area (Å²) in [6.07, 6.45) is 1.68. The molecule has 1 heterocycles. The molecule has 0 saturated heterocycles. The maximum absolute atomic E-state index is 13.5. The number of benzene rings is 2. The quantitative estimate of drug-likeness (QED) is 0.302. The SMILES string of the molecule is CCCN(CC(=O)N(CCc1ccc(OC)c(OC)c1)Cc1cccs1)C(=O)Cc1ccc(OC)cc1. The molecule has 0 saturated carbocycles. The molecule has 0 unspecified atom stereocenters. The molecule has 2 amide bonds. The van der Waals surface area contributed by atoms with Crippen molar-refractivity contribution in [1.29, 1.82) is 0 Å². The molecular weight excluding hydrogens is 488 g/mol. The second kappa shape index (κ2) is 14.3. The fraction of sp³-hybridized carbons (Fsp3) is 0.379. The minimum Gasteiger partial charge on any atom is -0.497 e. The van der Waals surface area contributed by atoms with Crippen LogP contribution in [0.1, 0.15) is 29.3 Å². The number of amides is 2. The van der Waals surface area contributed by atoms with Crippen LogP contribution >= 0.6 is 11.3 Å². The lowest BCUT2D eigenvalue weighted by Crippen LogP contribution is -2.44. The third-order valence-corrected chi connectivity index (χ3v) is 6.95. The summed E-state index contributed by atoms with van der Waals surface area (Å²) >= 11 is 1.62. The van der Waals surface area contributed by atoms with Gasteiger partial charge in [0.05, 0.1) is 40.8 Å². The average molecular weight is 525 g/mol. The molecule has 0 fully saturated rings. The van der Waals surface area contributed by atoms with E-state index in [2.05, 4.69) is 0 Å². The molecule has 1 aromatic heterocycles. The fourth-order valence-electron chi connectivity index (χ4n) is 4.04. The van der Waals surface area contributed by atoms with E-state index >= 15 is 0 Å². The van der Waals surface area contributed by atoms with E-state index in [9.17, 15) is 9.59 Å². The Labute approximate surface area is 223 Å². The number of nitrogens with zero attached hydrogens (tertiary/aromatic N) is 2. The maximum Gasteiger partial charge on any atom is 0.242 e. The van der Waals surface area contributed by atoms with Crippen molar-refractivity contribution in [1.82, 2.24) is 9.80 Å². The first-order valence-corrected chi connectivity index (χ1v) is 13.3. The van der Waals surface area contributed by atoms with E-state index in [1.54, 1.807) is 37.6 Å². The van der Waals surface area contributed by atoms with Gasteiger partial charge in [-0.2, -0.15) is 0 Å². The summed E-state index contributed by atoms with van der Waals surface area (Å²) in [4.78, 5) is 31.3. The smallest absolute Gasteiger partial charge is 0.242 e. The van der Waals surface area contributed by atoms with Crippen LogP contribution in [-0.2, 0) is 29.0 Å². The summed E-state index contributed by atoms with van der Waals surface area (Å²) in [5, 5.41) is 2.01. The summed E-state index contributed by atoms with van der Waals surface area (Å²) in [6, 6.07) is 17.3. The minimum absolute atomic E-state index is 0.0557. The summed E-state index contributed by atoms with van der Waals surface area (Å²) in [6.45, 7) is 3.64. The van der Waals surface area contributed by atoms with Crippen LogP contribution in [0.3, 0.4) is 0 Å². The van der Waals surface area contributed by atoms with Gasteiger partial charge < -0.3 is 24.0 Å². The van der Waals surface area contributed by atoms with Crippen LogP contribution in [0.15, 0.2) is 60.0 Å². The molecule has 0 aliphatic rings. The van der Waals surface area contributed by atoms with Gasteiger partial charge in [-0.05, 0) is 59.7 Å². The van der Waals surface area contributed by atoms with Crippen molar-refractivity contribution < 1.29 is 23.8 Å². The molecule has 198 valence electrons. The van der Waals surface area contributed by atoms with E-state index in [0.717, 1.165) is 28.2 Å². The van der Waals surface area contributed by atoms with Gasteiger partial charge in [-0.25, -0.2) is 0 Å². The molecule has 8 heteroatoms. The Balaban J connectivity index is 1.70. The number of hydrogen-bond acceptors (Lipinski definition) is 6. The fourth-order valence-corrected chi connectivity index (χ4v) is 4.76. The summed E-state index contributed by atoms with van der Waals surface area (Å²) < 4.78 is 16.0. The van der Waals surface area contributed by atoms with Crippen LogP contribution in [0.5, 0.6) is 17.2 Å². The Morgan fingerprint density at radius 1 is 0.811 bits per heavy atom. The highest BCUT2D eigenvalue weighted by molar-refractivity contribution is 7.09. The molecule has 7 nitrogen and oxygen atoms in total. The van der Waals surface area contributed by atoms with Gasteiger partial charge in [0.25, 0.3) is 0 Å². The molecule has 0 spiro atoms. The largest absolute Gasteiger partial charge is 0.497 e. The van der Waals surface area contributed by atoms with Crippen molar-refractivity contribution in [3.05, 3.63) is 76.0 Å². The van der Waals surface area contributed by atoms with Crippen LogP contribution in [0, 0.1) is 0 Å². The lowest BCUT2D eigenvalue weighted by atomic mass is 10.1. The average Bonchev–Trinajstić information content (AvgIpc) is 3.44. The molecule has 3 aromatic rings. The second-order valence-electron chi connectivity index (χ2n) is 8.67. The zero-order valence-electron chi connectivity index (χ0n) is 22.1. The van der Waals surface area contributed by atoms with E-state index < -0.39 is 0 Å². The van der Waals surface area contributed by atoms with Gasteiger partial charge >= 0.3 is 0 Å². The van der Waals surface area contributed by atoms with Crippen LogP contribution in [0.25, 0.3) is 0 Å². The first-order valence-electron chi connectivity index (χ1n) is 12.4. The van der Waals surface area contributed by atoms with Crippen LogP contribution in [0.4, 0.5) is 0 Å². The van der Waals surface area contributed by atoms with Crippen molar-refractivity contribution in [3.8, 4) is 17.2 Å². The molecule has 0 atom stereocenters. The van der Waals surface area contributed by atoms with Crippen LogP contribution < -0.4 is 14.2 Å². The molecule has 0 bridgehead atoms. The normalized spacial score (nSPS) is 10.6. The molecule has 3 rings (SSSR count). The van der Waals surface area contributed by atoms with E-state index in [0.29, 0.717) is 37.6 Å². The molecule has 0 aliphatic heterocycles. The number of carbonyl (C=O) groups excluding carboxylic acids is 2. The topological polar surface area (TPSA) is 68.3 Å². The monoisotopic (exact) mass is 524 g/mol. The molecule has 37 heavy (non-hydrogen) atoms. The number of rotatable bonds is 14. The van der Waals surface area contributed by atoms with E-state index in [-0.39, 0.29) is 24.8 Å². The molecule has 0 aliphatic carbocycles. The van der Waals surface area contributed by atoms with E-state index in [1.807, 2.05) is 71.8 Å². The van der Waals surface area contributed by atoms with E-state index in [1.165, 1.54) is 0 Å². The zero-order chi connectivity index (χ0) is 26.6. The predicted molar refractivity (Wildman–Crippen MR) is 147 cm³/mol. The first kappa shape index (κ1) is 28.1. The van der Waals surface area contributed by atoms with Gasteiger partial charge in [-0.3, -0.25) is 9.59 Å². The van der Waals surface area contributed by atoms with Gasteiger partial charge in [0.15, 0.2) is 11.5 Å². The Hall–Kier alpha value is -3.52. The number of hydrogen-bond donors (Lipinski definition) is 0. The molecule has 2 aromatic carbocycles. The highest BCUT2D eigenvalue weighted by atomic mass is 32.1. The van der Waals surface area contributed by atoms with Gasteiger partial charge in [-0.15, -0.1) is 11.3 Å². The zero-order valence-corrected chi connectivity index (χ0v) is 22.9. The van der Waals surface area contributed by atoms with Gasteiger partial charge in [0, 0.05) is 18.0 Å². The number of thiophene rings is 1. The summed E-state index contributed by atoms with van der Waals surface area (Å²) in [5.41, 5.74) is 1.94. The third-order valence-electron chi connectivity index (χ3n) is 6.08. The molecule has 0 radical (unpaired) electrons. The highest BCUT2D eigenvalue weighted by Gasteiger charge is 2.22. The summed E-state index contributed by atoms with van der Waals surface area (Å²) in [7, 11) is 4.83. The minimum atomic E-state index is -0.0644. The number of methoxy groups -OCH3 is 3. The number of ether oxygens (including phenoxy) is 3. The van der Waals surface area contributed by atoms with Crippen molar-refractivity contribution >= 4 is 23.2 Å². The van der Waals surface area contributed by atoms with Crippen molar-refractivity contribution in [2.75, 3.05) is 41.0 Å². The third kappa shape index (κ3) is 8.25. The lowest BCUT2D eigenvalue weighted by molar-refractivity contribution is -0.140. The van der Waals surface area contributed by atoms with Crippen LogP contribution in [-0.4, -0.2) is 62.6 Å². The summed E-state index contributed by atoms with van der Waals surface area (Å²) in [5.74, 6) is 1.95. The van der Waals surface area contributed by atoms with Crippen LogP contribution in [0.2, 0.25) is 0 Å². The Kier molecular flexibility index (Phi) is 10.8. The van der Waals surface area contributed by atoms with Crippen molar-refractivity contribution in [3.63, 3.8) is 0 Å². The predicted octanol–water partition coefficient (Wildman–Crippen LogP) is 4.83.